The number of hydrogen-bond acceptors (Lipinski definition) is 2. The van der Waals surface area contributed by atoms with E-state index in [9.17, 15) is 4.79 Å². The van der Waals surface area contributed by atoms with Crippen molar-refractivity contribution in [2.45, 2.75) is 38.1 Å². The summed E-state index contributed by atoms with van der Waals surface area (Å²) >= 11 is 0. The van der Waals surface area contributed by atoms with E-state index in [1.54, 1.807) is 0 Å². The Labute approximate surface area is 120 Å². The summed E-state index contributed by atoms with van der Waals surface area (Å²) < 4.78 is 0. The number of benzene rings is 1. The van der Waals surface area contributed by atoms with Crippen molar-refractivity contribution >= 4 is 11.4 Å². The number of ketones is 1. The fourth-order valence-corrected chi connectivity index (χ4v) is 4.39. The van der Waals surface area contributed by atoms with Gasteiger partial charge in [0.25, 0.3) is 0 Å². The maximum absolute atomic E-state index is 13.0. The van der Waals surface area contributed by atoms with E-state index in [1.807, 2.05) is 18.2 Å². The summed E-state index contributed by atoms with van der Waals surface area (Å²) in [4.78, 5) is 15.5. The lowest BCUT2D eigenvalue weighted by atomic mass is 9.90. The van der Waals surface area contributed by atoms with Crippen molar-refractivity contribution in [1.82, 2.24) is 4.90 Å². The third-order valence-corrected chi connectivity index (χ3v) is 5.20. The molecule has 4 rings (SSSR count). The van der Waals surface area contributed by atoms with Gasteiger partial charge in [-0.15, -0.1) is 0 Å². The SMILES string of the molecule is O=C1C(c2ccccc2)=C2CCCN3CCCC[C@@H]1[C@@H]23. The summed E-state index contributed by atoms with van der Waals surface area (Å²) in [5.41, 5.74) is 3.65. The Morgan fingerprint density at radius 1 is 1.00 bits per heavy atom. The highest BCUT2D eigenvalue weighted by Crippen LogP contribution is 2.45. The van der Waals surface area contributed by atoms with Crippen LogP contribution in [0.25, 0.3) is 5.57 Å². The Kier molecular flexibility index (Phi) is 2.99. The molecule has 3 aliphatic rings. The van der Waals surface area contributed by atoms with Crippen molar-refractivity contribution in [1.29, 1.82) is 0 Å². The summed E-state index contributed by atoms with van der Waals surface area (Å²) in [6.45, 7) is 2.36. The fraction of sp³-hybridized carbons (Fsp3) is 0.500. The van der Waals surface area contributed by atoms with Crippen LogP contribution in [0.5, 0.6) is 0 Å². The number of Topliss-reactive ketones (excluding diaryl/α,β-unsaturated/α-hetero) is 1. The summed E-state index contributed by atoms with van der Waals surface area (Å²) in [6, 6.07) is 10.7. The number of rotatable bonds is 1. The molecule has 2 heterocycles. The molecule has 0 saturated carbocycles. The molecule has 0 amide bonds. The molecule has 2 atom stereocenters. The van der Waals surface area contributed by atoms with Crippen LogP contribution in [0, 0.1) is 5.92 Å². The van der Waals surface area contributed by atoms with E-state index in [-0.39, 0.29) is 5.92 Å². The van der Waals surface area contributed by atoms with E-state index in [4.69, 9.17) is 0 Å². The highest BCUT2D eigenvalue weighted by Gasteiger charge is 2.46. The zero-order chi connectivity index (χ0) is 13.5. The molecule has 104 valence electrons. The van der Waals surface area contributed by atoms with Gasteiger partial charge < -0.3 is 0 Å². The van der Waals surface area contributed by atoms with Gasteiger partial charge in [-0.3, -0.25) is 9.69 Å². The summed E-state index contributed by atoms with van der Waals surface area (Å²) in [5.74, 6) is 0.660. The van der Waals surface area contributed by atoms with Gasteiger partial charge in [0.05, 0.1) is 0 Å². The molecule has 2 saturated heterocycles. The van der Waals surface area contributed by atoms with E-state index in [0.717, 1.165) is 24.0 Å². The second-order valence-corrected chi connectivity index (χ2v) is 6.32. The van der Waals surface area contributed by atoms with Crippen molar-refractivity contribution in [3.05, 3.63) is 41.5 Å². The van der Waals surface area contributed by atoms with E-state index >= 15 is 0 Å². The highest BCUT2D eigenvalue weighted by atomic mass is 16.1. The molecule has 0 spiro atoms. The summed E-state index contributed by atoms with van der Waals surface area (Å²) in [7, 11) is 0. The molecule has 0 aromatic heterocycles. The first-order valence-electron chi connectivity index (χ1n) is 7.93. The molecule has 2 nitrogen and oxygen atoms in total. The molecule has 2 fully saturated rings. The van der Waals surface area contributed by atoms with Crippen LogP contribution in [0.1, 0.15) is 37.7 Å². The third kappa shape index (κ3) is 1.78. The van der Waals surface area contributed by atoms with Gasteiger partial charge in [0.15, 0.2) is 5.78 Å². The lowest BCUT2D eigenvalue weighted by Gasteiger charge is -2.36. The first kappa shape index (κ1) is 12.3. The van der Waals surface area contributed by atoms with Gasteiger partial charge in [0.2, 0.25) is 0 Å². The molecule has 2 aliphatic heterocycles. The van der Waals surface area contributed by atoms with Gasteiger partial charge >= 0.3 is 0 Å². The summed E-state index contributed by atoms with van der Waals surface area (Å²) in [6.07, 6.45) is 5.88. The zero-order valence-electron chi connectivity index (χ0n) is 11.8. The largest absolute Gasteiger partial charge is 0.296 e. The van der Waals surface area contributed by atoms with Crippen LogP contribution in [-0.2, 0) is 4.79 Å². The average molecular weight is 267 g/mol. The van der Waals surface area contributed by atoms with Crippen molar-refractivity contribution in [2.24, 2.45) is 5.92 Å². The maximum Gasteiger partial charge on any atom is 0.168 e. The second-order valence-electron chi connectivity index (χ2n) is 6.32. The normalized spacial score (nSPS) is 30.3. The number of nitrogens with zero attached hydrogens (tertiary/aromatic N) is 1. The molecule has 1 aromatic rings. The smallest absolute Gasteiger partial charge is 0.168 e. The van der Waals surface area contributed by atoms with E-state index in [0.29, 0.717) is 11.8 Å². The molecule has 1 aromatic carbocycles. The van der Waals surface area contributed by atoms with Crippen LogP contribution in [0.3, 0.4) is 0 Å². The Morgan fingerprint density at radius 2 is 1.80 bits per heavy atom. The molecule has 1 aliphatic carbocycles. The number of carbonyl (C=O) groups excluding carboxylic acids is 1. The Balaban J connectivity index is 1.83. The molecular formula is C18H21NO. The predicted octanol–water partition coefficient (Wildman–Crippen LogP) is 3.29. The van der Waals surface area contributed by atoms with Gasteiger partial charge in [0, 0.05) is 17.5 Å². The minimum Gasteiger partial charge on any atom is -0.296 e. The number of allylic oxidation sites excluding steroid dienone is 1. The quantitative estimate of drug-likeness (QED) is 0.778. The molecule has 0 radical (unpaired) electrons. The Hall–Kier alpha value is -1.41. The third-order valence-electron chi connectivity index (χ3n) is 5.20. The van der Waals surface area contributed by atoms with E-state index in [2.05, 4.69) is 17.0 Å². The van der Waals surface area contributed by atoms with Crippen LogP contribution in [-0.4, -0.2) is 29.8 Å². The summed E-state index contributed by atoms with van der Waals surface area (Å²) in [5, 5.41) is 0. The second kappa shape index (κ2) is 4.85. The van der Waals surface area contributed by atoms with Gasteiger partial charge in [-0.2, -0.15) is 0 Å². The maximum atomic E-state index is 13.0. The first-order chi connectivity index (χ1) is 9.86. The molecule has 0 N–H and O–H groups in total. The number of carbonyl (C=O) groups is 1. The van der Waals surface area contributed by atoms with Crippen LogP contribution in [0.2, 0.25) is 0 Å². The predicted molar refractivity (Wildman–Crippen MR) is 80.3 cm³/mol. The average Bonchev–Trinajstić information content (AvgIpc) is 2.64. The van der Waals surface area contributed by atoms with E-state index < -0.39 is 0 Å². The molecule has 2 heteroatoms. The van der Waals surface area contributed by atoms with Crippen molar-refractivity contribution in [2.75, 3.05) is 13.1 Å². The Bertz CT molecular complexity index is 560. The van der Waals surface area contributed by atoms with Crippen LogP contribution in [0.15, 0.2) is 35.9 Å². The minimum atomic E-state index is 0.239. The lowest BCUT2D eigenvalue weighted by Crippen LogP contribution is -2.43. The Morgan fingerprint density at radius 3 is 2.65 bits per heavy atom. The molecule has 20 heavy (non-hydrogen) atoms. The van der Waals surface area contributed by atoms with Crippen molar-refractivity contribution in [3.8, 4) is 0 Å². The molecular weight excluding hydrogens is 246 g/mol. The fourth-order valence-electron chi connectivity index (χ4n) is 4.39. The zero-order valence-corrected chi connectivity index (χ0v) is 11.8. The van der Waals surface area contributed by atoms with Crippen LogP contribution >= 0.6 is 0 Å². The highest BCUT2D eigenvalue weighted by molar-refractivity contribution is 6.25. The van der Waals surface area contributed by atoms with Gasteiger partial charge in [-0.1, -0.05) is 36.8 Å². The number of piperidine rings is 1. The molecule has 0 unspecified atom stereocenters. The minimum absolute atomic E-state index is 0.239. The first-order valence-corrected chi connectivity index (χ1v) is 7.93. The lowest BCUT2D eigenvalue weighted by molar-refractivity contribution is -0.117. The van der Waals surface area contributed by atoms with Crippen molar-refractivity contribution < 1.29 is 4.79 Å². The van der Waals surface area contributed by atoms with E-state index in [1.165, 1.54) is 37.9 Å². The number of hydrogen-bond donors (Lipinski definition) is 0. The van der Waals surface area contributed by atoms with Gasteiger partial charge in [0.1, 0.15) is 0 Å². The monoisotopic (exact) mass is 267 g/mol. The van der Waals surface area contributed by atoms with Crippen LogP contribution < -0.4 is 0 Å². The van der Waals surface area contributed by atoms with Gasteiger partial charge in [-0.25, -0.2) is 0 Å². The molecule has 0 bridgehead atoms. The van der Waals surface area contributed by atoms with Crippen molar-refractivity contribution in [3.63, 3.8) is 0 Å². The van der Waals surface area contributed by atoms with Crippen LogP contribution in [0.4, 0.5) is 0 Å². The standard InChI is InChI=1S/C18H21NO/c20-18-15-9-4-5-11-19-12-6-10-14(17(15)19)16(18)13-7-2-1-3-8-13/h1-3,7-8,15,17H,4-6,9-12H2/t15-,17-/m1/s1. The topological polar surface area (TPSA) is 20.3 Å². The van der Waals surface area contributed by atoms with Gasteiger partial charge in [-0.05, 0) is 49.9 Å².